The third-order valence-corrected chi connectivity index (χ3v) is 4.49. The van der Waals surface area contributed by atoms with Crippen LogP contribution in [-0.4, -0.2) is 26.8 Å². The van der Waals surface area contributed by atoms with E-state index in [1.54, 1.807) is 11.0 Å². The maximum atomic E-state index is 6.26. The first kappa shape index (κ1) is 14.3. The van der Waals surface area contributed by atoms with Crippen molar-refractivity contribution in [2.24, 2.45) is 5.92 Å². The Labute approximate surface area is 129 Å². The topological polar surface area (TPSA) is 55.6 Å². The zero-order chi connectivity index (χ0) is 14.5. The monoisotopic (exact) mass is 305 g/mol. The zero-order valence-corrected chi connectivity index (χ0v) is 12.8. The number of hydrogen-bond donors (Lipinski definition) is 1. The summed E-state index contributed by atoms with van der Waals surface area (Å²) in [5.74, 6) is 0.868. The predicted molar refractivity (Wildman–Crippen MR) is 83.8 cm³/mol. The molecule has 1 aliphatic rings. The molecule has 1 aromatic heterocycles. The van der Waals surface area contributed by atoms with Crippen molar-refractivity contribution in [3.8, 4) is 5.69 Å². The average Bonchev–Trinajstić information content (AvgIpc) is 3.04. The van der Waals surface area contributed by atoms with Crippen LogP contribution in [0.3, 0.4) is 0 Å². The highest BCUT2D eigenvalue weighted by molar-refractivity contribution is 6.33. The molecule has 0 aliphatic heterocycles. The average molecular weight is 306 g/mol. The molecule has 1 saturated carbocycles. The van der Waals surface area contributed by atoms with Crippen LogP contribution in [0.1, 0.15) is 38.5 Å². The Morgan fingerprint density at radius 2 is 2.10 bits per heavy atom. The van der Waals surface area contributed by atoms with E-state index >= 15 is 0 Å². The maximum absolute atomic E-state index is 6.26. The van der Waals surface area contributed by atoms with Crippen LogP contribution in [-0.2, 0) is 0 Å². The highest BCUT2D eigenvalue weighted by Crippen LogP contribution is 2.28. The van der Waals surface area contributed by atoms with Crippen molar-refractivity contribution < 1.29 is 0 Å². The fraction of sp³-hybridized carbons (Fsp3) is 0.533. The van der Waals surface area contributed by atoms with Gasteiger partial charge in [0.05, 0.1) is 16.4 Å². The summed E-state index contributed by atoms with van der Waals surface area (Å²) in [4.78, 5) is 0. The van der Waals surface area contributed by atoms with Crippen molar-refractivity contribution >= 4 is 17.3 Å². The lowest BCUT2D eigenvalue weighted by Gasteiger charge is -2.21. The van der Waals surface area contributed by atoms with Gasteiger partial charge < -0.3 is 5.32 Å². The van der Waals surface area contributed by atoms with E-state index in [-0.39, 0.29) is 0 Å². The quantitative estimate of drug-likeness (QED) is 0.915. The molecule has 0 amide bonds. The van der Waals surface area contributed by atoms with Gasteiger partial charge in [0.2, 0.25) is 0 Å². The molecule has 0 atom stereocenters. The summed E-state index contributed by atoms with van der Waals surface area (Å²) < 4.78 is 1.63. The van der Waals surface area contributed by atoms with Crippen LogP contribution in [0, 0.1) is 5.92 Å². The normalized spacial score (nSPS) is 16.0. The van der Waals surface area contributed by atoms with Crippen LogP contribution in [0.4, 0.5) is 5.69 Å². The van der Waals surface area contributed by atoms with Gasteiger partial charge >= 0.3 is 0 Å². The van der Waals surface area contributed by atoms with Gasteiger partial charge in [0.1, 0.15) is 6.33 Å². The molecule has 1 N–H and O–H groups in total. The summed E-state index contributed by atoms with van der Waals surface area (Å²) in [5, 5.41) is 15.4. The summed E-state index contributed by atoms with van der Waals surface area (Å²) in [6.07, 6.45) is 9.73. The molecule has 3 rings (SSSR count). The highest BCUT2D eigenvalue weighted by Gasteiger charge is 2.13. The first-order valence-corrected chi connectivity index (χ1v) is 7.97. The van der Waals surface area contributed by atoms with E-state index < -0.39 is 0 Å². The van der Waals surface area contributed by atoms with Crippen LogP contribution in [0.15, 0.2) is 24.5 Å². The van der Waals surface area contributed by atoms with Crippen molar-refractivity contribution in [2.45, 2.75) is 38.5 Å². The van der Waals surface area contributed by atoms with Crippen molar-refractivity contribution in [1.29, 1.82) is 0 Å². The molecule has 1 aliphatic carbocycles. The Kier molecular flexibility index (Phi) is 4.70. The third kappa shape index (κ3) is 3.73. The molecule has 0 spiro atoms. The Morgan fingerprint density at radius 3 is 2.86 bits per heavy atom. The first-order chi connectivity index (χ1) is 10.3. The van der Waals surface area contributed by atoms with Gasteiger partial charge in [0.25, 0.3) is 0 Å². The van der Waals surface area contributed by atoms with Crippen molar-refractivity contribution in [2.75, 3.05) is 11.9 Å². The van der Waals surface area contributed by atoms with E-state index in [4.69, 9.17) is 11.6 Å². The SMILES string of the molecule is Clc1ccc(-n2cnnn2)cc1NCCC1CCCCC1. The summed E-state index contributed by atoms with van der Waals surface area (Å²) in [6.45, 7) is 0.962. The van der Waals surface area contributed by atoms with Crippen molar-refractivity contribution in [1.82, 2.24) is 20.2 Å². The molecule has 112 valence electrons. The van der Waals surface area contributed by atoms with Gasteiger partial charge in [-0.2, -0.15) is 0 Å². The summed E-state index contributed by atoms with van der Waals surface area (Å²) in [5.41, 5.74) is 1.85. The van der Waals surface area contributed by atoms with Gasteiger partial charge in [-0.3, -0.25) is 0 Å². The first-order valence-electron chi connectivity index (χ1n) is 7.60. The number of nitrogens with one attached hydrogen (secondary N) is 1. The number of rotatable bonds is 5. The molecule has 0 radical (unpaired) electrons. The molecule has 2 aromatic rings. The summed E-state index contributed by atoms with van der Waals surface area (Å²) >= 11 is 6.26. The Morgan fingerprint density at radius 1 is 1.24 bits per heavy atom. The second kappa shape index (κ2) is 6.89. The minimum atomic E-state index is 0.732. The van der Waals surface area contributed by atoms with Gasteiger partial charge in [0.15, 0.2) is 0 Å². The molecular formula is C15H20ClN5. The van der Waals surface area contributed by atoms with Gasteiger partial charge in [0, 0.05) is 6.54 Å². The molecule has 1 heterocycles. The van der Waals surface area contributed by atoms with Gasteiger partial charge in [-0.1, -0.05) is 43.7 Å². The number of halogens is 1. The van der Waals surface area contributed by atoms with E-state index in [2.05, 4.69) is 20.8 Å². The fourth-order valence-corrected chi connectivity index (χ4v) is 3.14. The molecule has 5 nitrogen and oxygen atoms in total. The van der Waals surface area contributed by atoms with Gasteiger partial charge in [-0.05, 0) is 41.0 Å². The molecule has 6 heteroatoms. The van der Waals surface area contributed by atoms with Crippen LogP contribution in [0.2, 0.25) is 5.02 Å². The third-order valence-electron chi connectivity index (χ3n) is 4.16. The summed E-state index contributed by atoms with van der Waals surface area (Å²) in [6, 6.07) is 5.77. The number of nitrogens with zero attached hydrogens (tertiary/aromatic N) is 4. The van der Waals surface area contributed by atoms with Gasteiger partial charge in [-0.25, -0.2) is 4.68 Å². The van der Waals surface area contributed by atoms with E-state index in [1.807, 2.05) is 18.2 Å². The number of aromatic nitrogens is 4. The predicted octanol–water partition coefficient (Wildman–Crippen LogP) is 3.70. The molecular weight excluding hydrogens is 286 g/mol. The standard InChI is InChI=1S/C15H20ClN5/c16-14-7-6-13(21-11-18-19-20-21)10-15(14)17-9-8-12-4-2-1-3-5-12/h6-7,10-12,17H,1-5,8-9H2. The van der Waals surface area contributed by atoms with Crippen molar-refractivity contribution in [3.05, 3.63) is 29.5 Å². The number of tetrazole rings is 1. The van der Waals surface area contributed by atoms with Gasteiger partial charge in [-0.15, -0.1) is 5.10 Å². The lowest BCUT2D eigenvalue weighted by molar-refractivity contribution is 0.345. The van der Waals surface area contributed by atoms with Crippen LogP contribution >= 0.6 is 11.6 Å². The maximum Gasteiger partial charge on any atom is 0.143 e. The minimum Gasteiger partial charge on any atom is -0.384 e. The minimum absolute atomic E-state index is 0.732. The molecule has 0 saturated heterocycles. The van der Waals surface area contributed by atoms with E-state index in [9.17, 15) is 0 Å². The van der Waals surface area contributed by atoms with E-state index in [0.29, 0.717) is 0 Å². The van der Waals surface area contributed by atoms with E-state index in [0.717, 1.165) is 28.9 Å². The summed E-state index contributed by atoms with van der Waals surface area (Å²) in [7, 11) is 0. The molecule has 1 fully saturated rings. The molecule has 21 heavy (non-hydrogen) atoms. The Bertz CT molecular complexity index is 563. The number of anilines is 1. The van der Waals surface area contributed by atoms with Crippen LogP contribution in [0.25, 0.3) is 5.69 Å². The van der Waals surface area contributed by atoms with Crippen LogP contribution in [0.5, 0.6) is 0 Å². The van der Waals surface area contributed by atoms with Crippen molar-refractivity contribution in [3.63, 3.8) is 0 Å². The fourth-order valence-electron chi connectivity index (χ4n) is 2.96. The Hall–Kier alpha value is -1.62. The smallest absolute Gasteiger partial charge is 0.143 e. The Balaban J connectivity index is 1.60. The second-order valence-electron chi connectivity index (χ2n) is 5.64. The van der Waals surface area contributed by atoms with Crippen LogP contribution < -0.4 is 5.32 Å². The highest BCUT2D eigenvalue weighted by atomic mass is 35.5. The number of benzene rings is 1. The number of hydrogen-bond acceptors (Lipinski definition) is 4. The second-order valence-corrected chi connectivity index (χ2v) is 6.05. The van der Waals surface area contributed by atoms with E-state index in [1.165, 1.54) is 38.5 Å². The lowest BCUT2D eigenvalue weighted by atomic mass is 9.87. The zero-order valence-electron chi connectivity index (χ0n) is 12.0. The molecule has 0 unspecified atom stereocenters. The molecule has 0 bridgehead atoms. The lowest BCUT2D eigenvalue weighted by Crippen LogP contribution is -2.12. The molecule has 1 aromatic carbocycles. The largest absolute Gasteiger partial charge is 0.384 e.